The van der Waals surface area contributed by atoms with Gasteiger partial charge in [-0.2, -0.15) is 0 Å². The minimum Gasteiger partial charge on any atom is -0.383 e. The van der Waals surface area contributed by atoms with Crippen molar-refractivity contribution in [2.75, 3.05) is 26.0 Å². The fraction of sp³-hybridized carbons (Fsp3) is 0.571. The Balaban J connectivity index is 2.45. The van der Waals surface area contributed by atoms with Crippen LogP contribution in [0.15, 0.2) is 24.3 Å². The molecule has 1 atom stereocenters. The topological polar surface area (TPSA) is 41.3 Å². The zero-order chi connectivity index (χ0) is 12.8. The van der Waals surface area contributed by atoms with E-state index in [4.69, 9.17) is 5.73 Å². The summed E-state index contributed by atoms with van der Waals surface area (Å²) in [5.41, 5.74) is 8.46. The fourth-order valence-electron chi connectivity index (χ4n) is 1.56. The predicted octanol–water partition coefficient (Wildman–Crippen LogP) is 2.14. The Morgan fingerprint density at radius 3 is 2.24 bits per heavy atom. The van der Waals surface area contributed by atoms with Crippen molar-refractivity contribution in [2.24, 2.45) is 11.7 Å². The van der Waals surface area contributed by atoms with Gasteiger partial charge in [0.25, 0.3) is 0 Å². The van der Waals surface area contributed by atoms with E-state index >= 15 is 0 Å². The van der Waals surface area contributed by atoms with Gasteiger partial charge in [-0.3, -0.25) is 0 Å². The van der Waals surface area contributed by atoms with Gasteiger partial charge in [-0.25, -0.2) is 0 Å². The van der Waals surface area contributed by atoms with Gasteiger partial charge in [-0.05, 0) is 37.7 Å². The Morgan fingerprint density at radius 2 is 1.76 bits per heavy atom. The molecule has 0 spiro atoms. The molecule has 0 bridgehead atoms. The lowest BCUT2D eigenvalue weighted by atomic mass is 10.1. The summed E-state index contributed by atoms with van der Waals surface area (Å²) in [4.78, 5) is 2.16. The number of nitrogens with two attached hydrogens (primary N) is 1. The van der Waals surface area contributed by atoms with E-state index in [0.717, 1.165) is 18.8 Å². The van der Waals surface area contributed by atoms with Crippen molar-refractivity contribution < 1.29 is 0 Å². The Labute approximate surface area is 105 Å². The molecule has 96 valence electrons. The van der Waals surface area contributed by atoms with Crippen molar-refractivity contribution in [3.05, 3.63) is 29.8 Å². The van der Waals surface area contributed by atoms with Gasteiger partial charge >= 0.3 is 0 Å². The standard InChI is InChI=1S/C14H25N3/c1-11(2)14(15)9-16-13-7-5-12(6-8-13)10-17(3)4/h5-8,11,14,16H,9-10,15H2,1-4H3. The van der Waals surface area contributed by atoms with Gasteiger partial charge in [0.2, 0.25) is 0 Å². The monoisotopic (exact) mass is 235 g/mol. The van der Waals surface area contributed by atoms with Crippen LogP contribution < -0.4 is 11.1 Å². The van der Waals surface area contributed by atoms with Gasteiger partial charge in [0.15, 0.2) is 0 Å². The average Bonchev–Trinajstić information content (AvgIpc) is 2.26. The number of nitrogens with zero attached hydrogens (tertiary/aromatic N) is 1. The highest BCUT2D eigenvalue weighted by Gasteiger charge is 2.06. The van der Waals surface area contributed by atoms with Gasteiger partial charge in [-0.1, -0.05) is 26.0 Å². The molecule has 0 aromatic heterocycles. The first-order valence-electron chi connectivity index (χ1n) is 6.22. The summed E-state index contributed by atoms with van der Waals surface area (Å²) >= 11 is 0. The first kappa shape index (κ1) is 14.0. The van der Waals surface area contributed by atoms with Gasteiger partial charge < -0.3 is 16.0 Å². The molecule has 1 rings (SSSR count). The number of anilines is 1. The molecule has 0 aliphatic heterocycles. The number of hydrogen-bond donors (Lipinski definition) is 2. The largest absolute Gasteiger partial charge is 0.383 e. The van der Waals surface area contributed by atoms with Crippen molar-refractivity contribution in [1.82, 2.24) is 4.90 Å². The van der Waals surface area contributed by atoms with E-state index in [1.54, 1.807) is 0 Å². The highest BCUT2D eigenvalue weighted by Crippen LogP contribution is 2.11. The maximum absolute atomic E-state index is 5.99. The summed E-state index contributed by atoms with van der Waals surface area (Å²) < 4.78 is 0. The second-order valence-electron chi connectivity index (χ2n) is 5.22. The third kappa shape index (κ3) is 5.20. The molecule has 0 fully saturated rings. The zero-order valence-corrected chi connectivity index (χ0v) is 11.4. The van der Waals surface area contributed by atoms with Crippen LogP contribution in [0, 0.1) is 5.92 Å². The van der Waals surface area contributed by atoms with Crippen LogP contribution in [0.3, 0.4) is 0 Å². The smallest absolute Gasteiger partial charge is 0.0340 e. The van der Waals surface area contributed by atoms with Crippen LogP contribution in [0.4, 0.5) is 5.69 Å². The molecule has 0 radical (unpaired) electrons. The molecule has 1 unspecified atom stereocenters. The highest BCUT2D eigenvalue weighted by atomic mass is 15.0. The molecular weight excluding hydrogens is 210 g/mol. The molecule has 0 aliphatic rings. The maximum atomic E-state index is 5.99. The minimum absolute atomic E-state index is 0.205. The molecule has 0 saturated carbocycles. The van der Waals surface area contributed by atoms with E-state index in [1.807, 2.05) is 0 Å². The number of nitrogens with one attached hydrogen (secondary N) is 1. The Morgan fingerprint density at radius 1 is 1.18 bits per heavy atom. The summed E-state index contributed by atoms with van der Waals surface area (Å²) in [6.45, 7) is 6.09. The SMILES string of the molecule is CC(C)C(N)CNc1ccc(CN(C)C)cc1. The molecule has 0 aliphatic carbocycles. The van der Waals surface area contributed by atoms with E-state index in [1.165, 1.54) is 5.56 Å². The van der Waals surface area contributed by atoms with Crippen LogP contribution in [-0.4, -0.2) is 31.6 Å². The third-order valence-electron chi connectivity index (χ3n) is 2.85. The predicted molar refractivity (Wildman–Crippen MR) is 75.1 cm³/mol. The van der Waals surface area contributed by atoms with E-state index in [-0.39, 0.29) is 6.04 Å². The number of hydrogen-bond acceptors (Lipinski definition) is 3. The quantitative estimate of drug-likeness (QED) is 0.794. The first-order chi connectivity index (χ1) is 7.99. The van der Waals surface area contributed by atoms with Crippen LogP contribution in [0.2, 0.25) is 0 Å². The molecule has 0 saturated heterocycles. The van der Waals surface area contributed by atoms with Crippen LogP contribution in [0.1, 0.15) is 19.4 Å². The fourth-order valence-corrected chi connectivity index (χ4v) is 1.56. The van der Waals surface area contributed by atoms with Crippen molar-refractivity contribution in [3.8, 4) is 0 Å². The van der Waals surface area contributed by atoms with Crippen molar-refractivity contribution >= 4 is 5.69 Å². The summed E-state index contributed by atoms with van der Waals surface area (Å²) in [5, 5.41) is 3.37. The molecule has 1 aromatic rings. The Hall–Kier alpha value is -1.06. The lowest BCUT2D eigenvalue weighted by molar-refractivity contribution is 0.402. The molecule has 3 N–H and O–H groups in total. The van der Waals surface area contributed by atoms with E-state index < -0.39 is 0 Å². The number of benzene rings is 1. The molecule has 17 heavy (non-hydrogen) atoms. The zero-order valence-electron chi connectivity index (χ0n) is 11.4. The minimum atomic E-state index is 0.205. The lowest BCUT2D eigenvalue weighted by Gasteiger charge is -2.17. The van der Waals surface area contributed by atoms with Crippen molar-refractivity contribution in [1.29, 1.82) is 0 Å². The molecule has 3 nitrogen and oxygen atoms in total. The first-order valence-corrected chi connectivity index (χ1v) is 6.22. The Kier molecular flexibility index (Phi) is 5.45. The lowest BCUT2D eigenvalue weighted by Crippen LogP contribution is -2.33. The summed E-state index contributed by atoms with van der Waals surface area (Å²) in [5.74, 6) is 0.510. The van der Waals surface area contributed by atoms with Crippen LogP contribution in [0.25, 0.3) is 0 Å². The van der Waals surface area contributed by atoms with Crippen molar-refractivity contribution in [2.45, 2.75) is 26.4 Å². The summed E-state index contributed by atoms with van der Waals surface area (Å²) in [6, 6.07) is 8.75. The van der Waals surface area contributed by atoms with Crippen LogP contribution >= 0.6 is 0 Å². The van der Waals surface area contributed by atoms with Crippen LogP contribution in [0.5, 0.6) is 0 Å². The molecular formula is C14H25N3. The normalized spacial score (nSPS) is 13.1. The second-order valence-corrected chi connectivity index (χ2v) is 5.22. The van der Waals surface area contributed by atoms with Crippen molar-refractivity contribution in [3.63, 3.8) is 0 Å². The summed E-state index contributed by atoms with van der Waals surface area (Å²) in [6.07, 6.45) is 0. The second kappa shape index (κ2) is 6.62. The molecule has 1 aromatic carbocycles. The molecule has 3 heteroatoms. The third-order valence-corrected chi connectivity index (χ3v) is 2.85. The van der Waals surface area contributed by atoms with Gasteiger partial charge in [-0.15, -0.1) is 0 Å². The van der Waals surface area contributed by atoms with Gasteiger partial charge in [0.1, 0.15) is 0 Å². The average molecular weight is 235 g/mol. The van der Waals surface area contributed by atoms with Gasteiger partial charge in [0, 0.05) is 24.8 Å². The van der Waals surface area contributed by atoms with Crippen LogP contribution in [-0.2, 0) is 6.54 Å². The highest BCUT2D eigenvalue weighted by molar-refractivity contribution is 5.44. The molecule has 0 amide bonds. The Bertz CT molecular complexity index is 317. The molecule has 0 heterocycles. The number of rotatable bonds is 6. The van der Waals surface area contributed by atoms with E-state index in [2.05, 4.69) is 62.4 Å². The van der Waals surface area contributed by atoms with E-state index in [9.17, 15) is 0 Å². The van der Waals surface area contributed by atoms with Gasteiger partial charge in [0.05, 0.1) is 0 Å². The summed E-state index contributed by atoms with van der Waals surface area (Å²) in [7, 11) is 4.15. The maximum Gasteiger partial charge on any atom is 0.0340 e. The van der Waals surface area contributed by atoms with E-state index in [0.29, 0.717) is 5.92 Å².